The third kappa shape index (κ3) is 1.71. The van der Waals surface area contributed by atoms with Gasteiger partial charge in [-0.2, -0.15) is 4.98 Å². The maximum Gasteiger partial charge on any atom is 0.280 e. The molecule has 18 heavy (non-hydrogen) atoms. The zero-order valence-electron chi connectivity index (χ0n) is 9.91. The van der Waals surface area contributed by atoms with E-state index in [1.54, 1.807) is 0 Å². The Morgan fingerprint density at radius 1 is 1.33 bits per heavy atom. The van der Waals surface area contributed by atoms with Crippen LogP contribution in [0.3, 0.4) is 0 Å². The highest BCUT2D eigenvalue weighted by molar-refractivity contribution is 5.43. The summed E-state index contributed by atoms with van der Waals surface area (Å²) >= 11 is 0. The maximum atomic E-state index is 5.24. The molecule has 94 valence electrons. The van der Waals surface area contributed by atoms with Gasteiger partial charge < -0.3 is 9.84 Å². The fourth-order valence-corrected chi connectivity index (χ4v) is 2.26. The largest absolute Gasteiger partial charge is 0.332 e. The van der Waals surface area contributed by atoms with E-state index in [4.69, 9.17) is 4.52 Å². The van der Waals surface area contributed by atoms with Gasteiger partial charge in [-0.05, 0) is 25.8 Å². The molecule has 2 fully saturated rings. The smallest absolute Gasteiger partial charge is 0.280 e. The van der Waals surface area contributed by atoms with Crippen LogP contribution in [0.2, 0.25) is 0 Å². The zero-order chi connectivity index (χ0) is 11.9. The first-order valence-corrected chi connectivity index (χ1v) is 6.36. The first kappa shape index (κ1) is 10.2. The van der Waals surface area contributed by atoms with Crippen LogP contribution in [-0.2, 0) is 0 Å². The summed E-state index contributed by atoms with van der Waals surface area (Å²) in [7, 11) is 0. The van der Waals surface area contributed by atoms with Crippen molar-refractivity contribution in [2.45, 2.75) is 31.2 Å². The van der Waals surface area contributed by atoms with Gasteiger partial charge in [0.25, 0.3) is 5.89 Å². The van der Waals surface area contributed by atoms with Crippen LogP contribution in [0.25, 0.3) is 11.6 Å². The summed E-state index contributed by atoms with van der Waals surface area (Å²) in [6.07, 6.45) is 5.31. The van der Waals surface area contributed by atoms with E-state index in [1.807, 2.05) is 10.9 Å². The fraction of sp³-hybridized carbons (Fsp3) is 0.636. The van der Waals surface area contributed by atoms with Crippen molar-refractivity contribution in [3.05, 3.63) is 12.0 Å². The fourth-order valence-electron chi connectivity index (χ4n) is 2.26. The first-order valence-electron chi connectivity index (χ1n) is 6.36. The summed E-state index contributed by atoms with van der Waals surface area (Å²) in [4.78, 5) is 4.37. The Bertz CT molecular complexity index is 551. The van der Waals surface area contributed by atoms with Crippen molar-refractivity contribution >= 4 is 0 Å². The highest BCUT2D eigenvalue weighted by atomic mass is 16.5. The molecule has 2 aromatic rings. The number of hydrogen-bond acceptors (Lipinski definition) is 6. The van der Waals surface area contributed by atoms with E-state index in [0.717, 1.165) is 25.3 Å². The highest BCUT2D eigenvalue weighted by Gasteiger charge is 2.29. The van der Waals surface area contributed by atoms with Gasteiger partial charge in [-0.3, -0.25) is 0 Å². The first-order chi connectivity index (χ1) is 8.90. The Labute approximate surface area is 104 Å². The predicted octanol–water partition coefficient (Wildman–Crippen LogP) is 0.740. The van der Waals surface area contributed by atoms with Crippen molar-refractivity contribution in [2.24, 2.45) is 0 Å². The summed E-state index contributed by atoms with van der Waals surface area (Å²) in [5.74, 6) is 1.78. The van der Waals surface area contributed by atoms with Gasteiger partial charge in [0.1, 0.15) is 0 Å². The third-order valence-corrected chi connectivity index (χ3v) is 3.52. The predicted molar refractivity (Wildman–Crippen MR) is 61.8 cm³/mol. The molecule has 0 spiro atoms. The molecule has 0 amide bonds. The molecule has 0 aromatic carbocycles. The van der Waals surface area contributed by atoms with E-state index in [-0.39, 0.29) is 0 Å². The second-order valence-corrected chi connectivity index (χ2v) is 4.96. The molecular weight excluding hydrogens is 232 g/mol. The summed E-state index contributed by atoms with van der Waals surface area (Å²) < 4.78 is 7.12. The van der Waals surface area contributed by atoms with Crippen molar-refractivity contribution in [1.29, 1.82) is 0 Å². The van der Waals surface area contributed by atoms with E-state index >= 15 is 0 Å². The number of nitrogens with zero attached hydrogens (tertiary/aromatic N) is 5. The summed E-state index contributed by atoms with van der Waals surface area (Å²) in [5, 5.41) is 15.5. The van der Waals surface area contributed by atoms with Gasteiger partial charge in [-0.15, -0.1) is 5.10 Å². The van der Waals surface area contributed by atoms with Gasteiger partial charge in [0.2, 0.25) is 0 Å². The van der Waals surface area contributed by atoms with Crippen molar-refractivity contribution < 1.29 is 4.52 Å². The Morgan fingerprint density at radius 2 is 2.28 bits per heavy atom. The standard InChI is InChI=1S/C11H14N6O/c1-2-7(1)10-13-11(18-15-10)9-6-17(16-14-9)8-3-4-12-5-8/h6-8,12H,1-5H2/t8-/m1/s1. The molecule has 2 aromatic heterocycles. The molecular formula is C11H14N6O. The average Bonchev–Trinajstić information content (AvgIpc) is 2.91. The lowest BCUT2D eigenvalue weighted by Gasteiger charge is -2.05. The van der Waals surface area contributed by atoms with Gasteiger partial charge in [-0.1, -0.05) is 10.4 Å². The molecule has 1 aliphatic carbocycles. The molecule has 7 nitrogen and oxygen atoms in total. The highest BCUT2D eigenvalue weighted by Crippen LogP contribution is 2.38. The summed E-state index contributed by atoms with van der Waals surface area (Å²) in [6.45, 7) is 1.98. The van der Waals surface area contributed by atoms with Gasteiger partial charge in [-0.25, -0.2) is 4.68 Å². The Hall–Kier alpha value is -1.76. The molecule has 1 aliphatic heterocycles. The molecule has 2 aliphatic rings. The van der Waals surface area contributed by atoms with Crippen molar-refractivity contribution in [2.75, 3.05) is 13.1 Å². The van der Waals surface area contributed by atoms with E-state index in [9.17, 15) is 0 Å². The molecule has 1 N–H and O–H groups in total. The Kier molecular flexibility index (Phi) is 2.19. The van der Waals surface area contributed by atoms with Gasteiger partial charge in [0.05, 0.1) is 12.2 Å². The summed E-state index contributed by atoms with van der Waals surface area (Å²) in [5.41, 5.74) is 0.668. The van der Waals surface area contributed by atoms with Crippen LogP contribution in [0.1, 0.15) is 37.0 Å². The number of hydrogen-bond donors (Lipinski definition) is 1. The van der Waals surface area contributed by atoms with Crippen LogP contribution in [0, 0.1) is 0 Å². The Balaban J connectivity index is 1.59. The molecule has 1 saturated carbocycles. The monoisotopic (exact) mass is 246 g/mol. The number of rotatable bonds is 3. The molecule has 4 rings (SSSR count). The topological polar surface area (TPSA) is 81.7 Å². The lowest BCUT2D eigenvalue weighted by atomic mass is 10.3. The second kappa shape index (κ2) is 3.88. The molecule has 7 heteroatoms. The number of nitrogens with one attached hydrogen (secondary N) is 1. The normalized spacial score (nSPS) is 23.7. The minimum Gasteiger partial charge on any atom is -0.332 e. The summed E-state index contributed by atoms with van der Waals surface area (Å²) in [6, 6.07) is 0.386. The lowest BCUT2D eigenvalue weighted by molar-refractivity contribution is 0.421. The molecule has 0 unspecified atom stereocenters. The van der Waals surface area contributed by atoms with Crippen molar-refractivity contribution in [3.8, 4) is 11.6 Å². The lowest BCUT2D eigenvalue weighted by Crippen LogP contribution is -2.13. The van der Waals surface area contributed by atoms with Crippen LogP contribution in [0.15, 0.2) is 10.7 Å². The second-order valence-electron chi connectivity index (χ2n) is 4.96. The van der Waals surface area contributed by atoms with Crippen LogP contribution < -0.4 is 5.32 Å². The van der Waals surface area contributed by atoms with E-state index in [0.29, 0.717) is 23.5 Å². The van der Waals surface area contributed by atoms with Crippen molar-refractivity contribution in [3.63, 3.8) is 0 Å². The molecule has 1 atom stereocenters. The third-order valence-electron chi connectivity index (χ3n) is 3.52. The van der Waals surface area contributed by atoms with E-state index < -0.39 is 0 Å². The maximum absolute atomic E-state index is 5.24. The van der Waals surface area contributed by atoms with Crippen LogP contribution >= 0.6 is 0 Å². The zero-order valence-corrected chi connectivity index (χ0v) is 9.91. The minimum absolute atomic E-state index is 0.386. The molecule has 1 saturated heterocycles. The molecule has 0 bridgehead atoms. The van der Waals surface area contributed by atoms with Gasteiger partial charge in [0.15, 0.2) is 11.5 Å². The Morgan fingerprint density at radius 3 is 3.06 bits per heavy atom. The SMILES string of the molecule is c1c(-c2nc(C3CC3)no2)nnn1[C@@H]1CCNC1. The quantitative estimate of drug-likeness (QED) is 0.860. The van der Waals surface area contributed by atoms with Gasteiger partial charge in [0, 0.05) is 12.5 Å². The molecule has 0 radical (unpaired) electrons. The number of aromatic nitrogens is 5. The van der Waals surface area contributed by atoms with Crippen LogP contribution in [0.5, 0.6) is 0 Å². The van der Waals surface area contributed by atoms with E-state index in [1.165, 1.54) is 12.8 Å². The van der Waals surface area contributed by atoms with Crippen LogP contribution in [0.4, 0.5) is 0 Å². The molecule has 3 heterocycles. The van der Waals surface area contributed by atoms with Crippen LogP contribution in [-0.4, -0.2) is 38.2 Å². The van der Waals surface area contributed by atoms with Crippen molar-refractivity contribution in [1.82, 2.24) is 30.5 Å². The average molecular weight is 246 g/mol. The minimum atomic E-state index is 0.386. The van der Waals surface area contributed by atoms with Gasteiger partial charge >= 0.3 is 0 Å². The van der Waals surface area contributed by atoms with E-state index in [2.05, 4.69) is 25.8 Å².